The Kier molecular flexibility index (Phi) is 7.21. The van der Waals surface area contributed by atoms with Crippen molar-refractivity contribution >= 4 is 23.1 Å². The summed E-state index contributed by atoms with van der Waals surface area (Å²) < 4.78 is 5.44. The summed E-state index contributed by atoms with van der Waals surface area (Å²) in [5.41, 5.74) is 5.34. The molecule has 7 heteroatoms. The zero-order chi connectivity index (χ0) is 20.0. The first-order valence-corrected chi connectivity index (χ1v) is 9.91. The molecule has 2 N–H and O–H groups in total. The van der Waals surface area contributed by atoms with Gasteiger partial charge in [0.1, 0.15) is 5.60 Å². The van der Waals surface area contributed by atoms with Crippen molar-refractivity contribution in [1.82, 2.24) is 9.88 Å². The number of nitrogens with one attached hydrogen (secondary N) is 1. The van der Waals surface area contributed by atoms with E-state index in [0.717, 1.165) is 27.4 Å². The molecule has 0 unspecified atom stereocenters. The second-order valence-corrected chi connectivity index (χ2v) is 8.33. The van der Waals surface area contributed by atoms with Crippen LogP contribution in [0, 0.1) is 6.92 Å². The molecule has 27 heavy (non-hydrogen) atoms. The third-order valence-corrected chi connectivity index (χ3v) is 4.86. The van der Waals surface area contributed by atoms with E-state index in [2.05, 4.69) is 22.4 Å². The van der Waals surface area contributed by atoms with Crippen molar-refractivity contribution in [2.75, 3.05) is 25.5 Å². The van der Waals surface area contributed by atoms with Crippen LogP contribution in [0.25, 0.3) is 10.4 Å². The number of carbonyl (C=O) groups excluding carboxylic acids is 1. The Balaban J connectivity index is 2.23. The van der Waals surface area contributed by atoms with Gasteiger partial charge in [0.05, 0.1) is 22.6 Å². The molecular weight excluding hydrogens is 362 g/mol. The lowest BCUT2D eigenvalue weighted by atomic mass is 10.1. The maximum atomic E-state index is 12.3. The van der Waals surface area contributed by atoms with Gasteiger partial charge in [-0.2, -0.15) is 0 Å². The monoisotopic (exact) mass is 391 g/mol. The number of benzene rings is 1. The first-order valence-electron chi connectivity index (χ1n) is 9.03. The molecule has 0 spiro atoms. The van der Waals surface area contributed by atoms with Gasteiger partial charge in [0.25, 0.3) is 0 Å². The van der Waals surface area contributed by atoms with E-state index < -0.39 is 5.60 Å². The van der Waals surface area contributed by atoms with Crippen molar-refractivity contribution in [3.63, 3.8) is 0 Å². The van der Waals surface area contributed by atoms with Crippen molar-refractivity contribution in [1.29, 1.82) is 0 Å². The molecule has 2 rings (SSSR count). The number of thiazole rings is 1. The van der Waals surface area contributed by atoms with E-state index in [1.807, 2.05) is 39.3 Å². The fraction of sp³-hybridized carbons (Fsp3) is 0.500. The van der Waals surface area contributed by atoms with Crippen LogP contribution in [0.4, 0.5) is 10.5 Å². The molecule has 2 aromatic rings. The lowest BCUT2D eigenvalue weighted by Crippen LogP contribution is -2.34. The number of aliphatic hydroxyl groups is 1. The Morgan fingerprint density at radius 1 is 1.37 bits per heavy atom. The number of aliphatic hydroxyl groups excluding tert-OH is 1. The lowest BCUT2D eigenvalue weighted by molar-refractivity contribution is 0.0285. The molecule has 0 aliphatic carbocycles. The summed E-state index contributed by atoms with van der Waals surface area (Å²) in [6, 6.07) is 6.16. The predicted octanol–water partition coefficient (Wildman–Crippen LogP) is 4.28. The van der Waals surface area contributed by atoms with Crippen LogP contribution >= 0.6 is 11.3 Å². The first-order chi connectivity index (χ1) is 12.7. The van der Waals surface area contributed by atoms with E-state index >= 15 is 0 Å². The quantitative estimate of drug-likeness (QED) is 0.689. The number of amides is 1. The molecule has 0 radical (unpaired) electrons. The number of ether oxygens (including phenoxy) is 1. The Labute approximate surface area is 165 Å². The van der Waals surface area contributed by atoms with E-state index in [1.165, 1.54) is 0 Å². The molecule has 0 aliphatic heterocycles. The average molecular weight is 392 g/mol. The van der Waals surface area contributed by atoms with Gasteiger partial charge >= 0.3 is 6.09 Å². The van der Waals surface area contributed by atoms with E-state index in [1.54, 1.807) is 23.3 Å². The predicted molar refractivity (Wildman–Crippen MR) is 110 cm³/mol. The molecule has 1 heterocycles. The van der Waals surface area contributed by atoms with Crippen molar-refractivity contribution in [3.05, 3.63) is 35.0 Å². The maximum Gasteiger partial charge on any atom is 0.410 e. The Morgan fingerprint density at radius 3 is 2.70 bits per heavy atom. The highest BCUT2D eigenvalue weighted by atomic mass is 32.1. The summed E-state index contributed by atoms with van der Waals surface area (Å²) >= 11 is 1.61. The summed E-state index contributed by atoms with van der Waals surface area (Å²) in [6.45, 7) is 8.78. The first kappa shape index (κ1) is 21.2. The van der Waals surface area contributed by atoms with Gasteiger partial charge in [-0.05, 0) is 51.3 Å². The standard InChI is InChI=1S/C20H29N3O3S/c1-14-18(27-13-22-14)15-7-8-16(17(11-15)21-9-6-10-24)12-23(5)19(25)26-20(2,3)4/h7-8,11,13,21,24H,6,9-10,12H2,1-5H3. The van der Waals surface area contributed by atoms with Crippen LogP contribution in [0.15, 0.2) is 23.7 Å². The minimum absolute atomic E-state index is 0.133. The SMILES string of the molecule is Cc1ncsc1-c1ccc(CN(C)C(=O)OC(C)(C)C)c(NCCCO)c1. The smallest absolute Gasteiger partial charge is 0.410 e. The Morgan fingerprint density at radius 2 is 2.11 bits per heavy atom. The molecule has 1 aromatic heterocycles. The van der Waals surface area contributed by atoms with Crippen molar-refractivity contribution in [2.45, 2.75) is 46.3 Å². The highest BCUT2D eigenvalue weighted by molar-refractivity contribution is 7.13. The highest BCUT2D eigenvalue weighted by Crippen LogP contribution is 2.31. The molecule has 0 bridgehead atoms. The minimum Gasteiger partial charge on any atom is -0.444 e. The van der Waals surface area contributed by atoms with Gasteiger partial charge in [0, 0.05) is 25.9 Å². The Bertz CT molecular complexity index is 768. The molecule has 0 fully saturated rings. The maximum absolute atomic E-state index is 12.3. The van der Waals surface area contributed by atoms with Crippen molar-refractivity contribution in [3.8, 4) is 10.4 Å². The van der Waals surface area contributed by atoms with E-state index in [9.17, 15) is 4.79 Å². The number of aromatic nitrogens is 1. The Hall–Kier alpha value is -2.12. The topological polar surface area (TPSA) is 74.7 Å². The van der Waals surface area contributed by atoms with E-state index in [4.69, 9.17) is 9.84 Å². The summed E-state index contributed by atoms with van der Waals surface area (Å²) in [5, 5.41) is 12.4. The fourth-order valence-electron chi connectivity index (χ4n) is 2.56. The van der Waals surface area contributed by atoms with Gasteiger partial charge in [0.15, 0.2) is 0 Å². The number of rotatable bonds is 7. The molecule has 0 saturated heterocycles. The van der Waals surface area contributed by atoms with Crippen LogP contribution in [0.1, 0.15) is 38.4 Å². The van der Waals surface area contributed by atoms with Crippen molar-refractivity contribution < 1.29 is 14.6 Å². The molecular formula is C20H29N3O3S. The van der Waals surface area contributed by atoms with Crippen molar-refractivity contribution in [2.24, 2.45) is 0 Å². The molecule has 0 atom stereocenters. The molecule has 1 aromatic carbocycles. The third kappa shape index (κ3) is 6.22. The van der Waals surface area contributed by atoms with E-state index in [0.29, 0.717) is 19.5 Å². The zero-order valence-electron chi connectivity index (χ0n) is 16.7. The lowest BCUT2D eigenvalue weighted by Gasteiger charge is -2.25. The van der Waals surface area contributed by atoms with Gasteiger partial charge in [-0.1, -0.05) is 12.1 Å². The zero-order valence-corrected chi connectivity index (χ0v) is 17.5. The number of aryl methyl sites for hydroxylation is 1. The summed E-state index contributed by atoms with van der Waals surface area (Å²) in [5.74, 6) is 0. The second-order valence-electron chi connectivity index (χ2n) is 7.48. The fourth-order valence-corrected chi connectivity index (χ4v) is 3.36. The molecule has 6 nitrogen and oxygen atoms in total. The number of hydrogen-bond donors (Lipinski definition) is 2. The number of anilines is 1. The molecule has 0 aliphatic rings. The van der Waals surface area contributed by atoms with Crippen LogP contribution < -0.4 is 5.32 Å². The van der Waals surface area contributed by atoms with Crippen LogP contribution in [-0.4, -0.2) is 46.9 Å². The summed E-state index contributed by atoms with van der Waals surface area (Å²) in [6.07, 6.45) is 0.303. The van der Waals surface area contributed by atoms with Gasteiger partial charge in [-0.3, -0.25) is 0 Å². The minimum atomic E-state index is -0.527. The highest BCUT2D eigenvalue weighted by Gasteiger charge is 2.20. The van der Waals surface area contributed by atoms with E-state index in [-0.39, 0.29) is 12.7 Å². The average Bonchev–Trinajstić information content (AvgIpc) is 3.01. The van der Waals surface area contributed by atoms with Crippen LogP contribution in [0.5, 0.6) is 0 Å². The van der Waals surface area contributed by atoms with Crippen LogP contribution in [0.2, 0.25) is 0 Å². The van der Waals surface area contributed by atoms with Gasteiger partial charge in [-0.15, -0.1) is 11.3 Å². The van der Waals surface area contributed by atoms with Crippen LogP contribution in [0.3, 0.4) is 0 Å². The largest absolute Gasteiger partial charge is 0.444 e. The number of hydrogen-bond acceptors (Lipinski definition) is 6. The molecule has 148 valence electrons. The number of nitrogens with zero attached hydrogens (tertiary/aromatic N) is 2. The van der Waals surface area contributed by atoms with Gasteiger partial charge < -0.3 is 20.1 Å². The second kappa shape index (κ2) is 9.19. The van der Waals surface area contributed by atoms with Crippen LogP contribution in [-0.2, 0) is 11.3 Å². The van der Waals surface area contributed by atoms with Gasteiger partial charge in [-0.25, -0.2) is 9.78 Å². The van der Waals surface area contributed by atoms with Gasteiger partial charge in [0.2, 0.25) is 0 Å². The normalized spacial score (nSPS) is 11.3. The number of carbonyl (C=O) groups is 1. The summed E-state index contributed by atoms with van der Waals surface area (Å²) in [4.78, 5) is 19.3. The molecule has 0 saturated carbocycles. The molecule has 1 amide bonds. The summed E-state index contributed by atoms with van der Waals surface area (Å²) in [7, 11) is 1.73. The third-order valence-electron chi connectivity index (χ3n) is 3.88.